The largest absolute Gasteiger partial charge is 0.393 e. The Morgan fingerprint density at radius 3 is 2.53 bits per heavy atom. The van der Waals surface area contributed by atoms with Gasteiger partial charge in [-0.3, -0.25) is 4.79 Å². The molecule has 0 bridgehead atoms. The predicted octanol–water partition coefficient (Wildman–Crippen LogP) is 3.79. The minimum Gasteiger partial charge on any atom is -0.393 e. The van der Waals surface area contributed by atoms with Crippen LogP contribution in [-0.4, -0.2) is 42.4 Å². The molecule has 0 aromatic heterocycles. The summed E-state index contributed by atoms with van der Waals surface area (Å²) in [6.07, 6.45) is 0.528. The van der Waals surface area contributed by atoms with E-state index in [0.29, 0.717) is 12.8 Å². The molecule has 2 aromatic carbocycles. The van der Waals surface area contributed by atoms with Gasteiger partial charge in [0.1, 0.15) is 16.5 Å². The van der Waals surface area contributed by atoms with Crippen LogP contribution >= 0.6 is 11.6 Å². The summed E-state index contributed by atoms with van der Waals surface area (Å²) in [4.78, 5) is 11.9. The Labute approximate surface area is 178 Å². The fourth-order valence-electron chi connectivity index (χ4n) is 3.32. The quantitative estimate of drug-likeness (QED) is 0.729. The average molecular weight is 459 g/mol. The van der Waals surface area contributed by atoms with Crippen LogP contribution in [0.15, 0.2) is 41.3 Å². The molecule has 6 nitrogen and oxygen atoms in total. The van der Waals surface area contributed by atoms with E-state index in [2.05, 4.69) is 5.32 Å². The number of rotatable bonds is 4. The summed E-state index contributed by atoms with van der Waals surface area (Å²) in [5.41, 5.74) is 0.119. The lowest BCUT2D eigenvalue weighted by atomic mass is 10.1. The number of hydrogen-bond donors (Lipinski definition) is 2. The van der Waals surface area contributed by atoms with Crippen LogP contribution < -0.4 is 5.32 Å². The second kappa shape index (κ2) is 8.97. The van der Waals surface area contributed by atoms with Crippen LogP contribution in [0.5, 0.6) is 0 Å². The Morgan fingerprint density at radius 2 is 1.83 bits per heavy atom. The molecule has 162 valence electrons. The molecule has 2 atom stereocenters. The van der Waals surface area contributed by atoms with Crippen molar-refractivity contribution in [2.45, 2.75) is 43.2 Å². The number of aliphatic hydroxyl groups excluding tert-OH is 1. The van der Waals surface area contributed by atoms with Crippen LogP contribution in [0.3, 0.4) is 0 Å². The third kappa shape index (κ3) is 4.80. The van der Waals surface area contributed by atoms with Gasteiger partial charge in [-0.15, -0.1) is 0 Å². The van der Waals surface area contributed by atoms with E-state index in [9.17, 15) is 27.1 Å². The Hall–Kier alpha value is -2.07. The van der Waals surface area contributed by atoms with E-state index in [4.69, 9.17) is 11.6 Å². The third-order valence-corrected chi connectivity index (χ3v) is 7.37. The summed E-state index contributed by atoms with van der Waals surface area (Å²) >= 11 is 5.69. The minimum atomic E-state index is -4.23. The van der Waals surface area contributed by atoms with Crippen molar-refractivity contribution in [3.05, 3.63) is 58.6 Å². The number of nitrogens with one attached hydrogen (secondary N) is 1. The van der Waals surface area contributed by atoms with Gasteiger partial charge in [0.05, 0.1) is 11.1 Å². The van der Waals surface area contributed by atoms with E-state index < -0.39 is 44.6 Å². The summed E-state index contributed by atoms with van der Waals surface area (Å²) in [7, 11) is -4.23. The second-order valence-electron chi connectivity index (χ2n) is 7.21. The highest BCUT2D eigenvalue weighted by atomic mass is 35.5. The number of halogens is 3. The van der Waals surface area contributed by atoms with Gasteiger partial charge in [0.2, 0.25) is 10.0 Å². The molecule has 2 aromatic rings. The van der Waals surface area contributed by atoms with Crippen LogP contribution in [0.25, 0.3) is 0 Å². The predicted molar refractivity (Wildman–Crippen MR) is 109 cm³/mol. The van der Waals surface area contributed by atoms with Crippen LogP contribution in [0.2, 0.25) is 5.02 Å². The molecule has 3 rings (SSSR count). The van der Waals surface area contributed by atoms with Crippen molar-refractivity contribution in [3.8, 4) is 0 Å². The molecule has 1 heterocycles. The van der Waals surface area contributed by atoms with Crippen molar-refractivity contribution < 1.29 is 27.1 Å². The molecule has 0 spiro atoms. The van der Waals surface area contributed by atoms with Crippen molar-refractivity contribution in [1.82, 2.24) is 4.31 Å². The normalized spacial score (nSPS) is 20.6. The maximum Gasteiger partial charge on any atom is 0.255 e. The highest BCUT2D eigenvalue weighted by Gasteiger charge is 2.34. The number of carbonyl (C=O) groups excluding carboxylic acids is 1. The molecule has 2 N–H and O–H groups in total. The molecule has 1 aliphatic rings. The minimum absolute atomic E-state index is 0.0502. The lowest BCUT2D eigenvalue weighted by Gasteiger charge is -2.26. The summed E-state index contributed by atoms with van der Waals surface area (Å²) in [6.45, 7) is 1.75. The van der Waals surface area contributed by atoms with E-state index >= 15 is 0 Å². The third-order valence-electron chi connectivity index (χ3n) is 5.05. The van der Waals surface area contributed by atoms with Gasteiger partial charge >= 0.3 is 0 Å². The topological polar surface area (TPSA) is 86.7 Å². The first-order valence-electron chi connectivity index (χ1n) is 9.35. The van der Waals surface area contributed by atoms with Gasteiger partial charge in [0.25, 0.3) is 5.91 Å². The molecule has 30 heavy (non-hydrogen) atoms. The molecule has 0 saturated carbocycles. The molecule has 1 fully saturated rings. The van der Waals surface area contributed by atoms with E-state index in [-0.39, 0.29) is 29.2 Å². The van der Waals surface area contributed by atoms with Crippen LogP contribution in [0, 0.1) is 11.6 Å². The summed E-state index contributed by atoms with van der Waals surface area (Å²) < 4.78 is 55.1. The average Bonchev–Trinajstić information content (AvgIpc) is 2.86. The molecule has 0 aliphatic carbocycles. The van der Waals surface area contributed by atoms with Crippen molar-refractivity contribution in [2.75, 3.05) is 11.9 Å². The summed E-state index contributed by atoms with van der Waals surface area (Å²) in [5.74, 6) is -2.33. The monoisotopic (exact) mass is 458 g/mol. The number of hydrogen-bond acceptors (Lipinski definition) is 4. The standard InChI is InChI=1S/C20H21ClF2N2O4S/c1-12-2-5-15(26)8-9-25(12)30(28,29)19-10-13(3-6-18(19)23)20(27)24-14-4-7-17(22)16(21)11-14/h3-4,6-7,10-12,15,26H,2,5,8-9H2,1H3,(H,24,27). The van der Waals surface area contributed by atoms with E-state index in [0.717, 1.165) is 28.6 Å². The molecule has 0 radical (unpaired) electrons. The van der Waals surface area contributed by atoms with Gasteiger partial charge in [-0.1, -0.05) is 11.6 Å². The SMILES string of the molecule is CC1CCC(O)CCN1S(=O)(=O)c1cc(C(=O)Nc2ccc(F)c(Cl)c2)ccc1F. The van der Waals surface area contributed by atoms with E-state index in [1.807, 2.05) is 0 Å². The maximum atomic E-state index is 14.5. The Kier molecular flexibility index (Phi) is 6.76. The number of nitrogens with zero attached hydrogens (tertiary/aromatic N) is 1. The lowest BCUT2D eigenvalue weighted by molar-refractivity contribution is 0.102. The van der Waals surface area contributed by atoms with Gasteiger partial charge in [-0.05, 0) is 62.6 Å². The summed E-state index contributed by atoms with van der Waals surface area (Å²) in [5, 5.41) is 12.1. The van der Waals surface area contributed by atoms with Gasteiger partial charge in [-0.25, -0.2) is 17.2 Å². The van der Waals surface area contributed by atoms with Crippen molar-refractivity contribution in [1.29, 1.82) is 0 Å². The lowest BCUT2D eigenvalue weighted by Crippen LogP contribution is -2.38. The Morgan fingerprint density at radius 1 is 1.13 bits per heavy atom. The maximum absolute atomic E-state index is 14.5. The smallest absolute Gasteiger partial charge is 0.255 e. The Balaban J connectivity index is 1.90. The molecule has 1 saturated heterocycles. The fraction of sp³-hybridized carbons (Fsp3) is 0.350. The molecule has 10 heteroatoms. The van der Waals surface area contributed by atoms with Gasteiger partial charge < -0.3 is 10.4 Å². The van der Waals surface area contributed by atoms with Crippen molar-refractivity contribution in [2.24, 2.45) is 0 Å². The fourth-order valence-corrected chi connectivity index (χ4v) is 5.27. The number of amides is 1. The first kappa shape index (κ1) is 22.6. The van der Waals surface area contributed by atoms with Gasteiger partial charge in [-0.2, -0.15) is 4.31 Å². The van der Waals surface area contributed by atoms with E-state index in [1.54, 1.807) is 6.92 Å². The number of aliphatic hydroxyl groups is 1. The first-order chi connectivity index (χ1) is 14.1. The molecule has 2 unspecified atom stereocenters. The van der Waals surface area contributed by atoms with Crippen LogP contribution in [0.1, 0.15) is 36.5 Å². The zero-order chi connectivity index (χ0) is 22.1. The number of benzene rings is 2. The van der Waals surface area contributed by atoms with Crippen LogP contribution in [-0.2, 0) is 10.0 Å². The van der Waals surface area contributed by atoms with Crippen molar-refractivity contribution >= 4 is 33.2 Å². The highest BCUT2D eigenvalue weighted by molar-refractivity contribution is 7.89. The number of anilines is 1. The second-order valence-corrected chi connectivity index (χ2v) is 9.48. The molecular formula is C20H21ClF2N2O4S. The zero-order valence-corrected chi connectivity index (χ0v) is 17.7. The van der Waals surface area contributed by atoms with E-state index in [1.165, 1.54) is 12.1 Å². The zero-order valence-electron chi connectivity index (χ0n) is 16.1. The number of carbonyl (C=O) groups is 1. The molecule has 1 amide bonds. The van der Waals surface area contributed by atoms with Gasteiger partial charge in [0.15, 0.2) is 0 Å². The van der Waals surface area contributed by atoms with Gasteiger partial charge in [0, 0.05) is 23.8 Å². The highest BCUT2D eigenvalue weighted by Crippen LogP contribution is 2.27. The molecular weight excluding hydrogens is 438 g/mol. The Bertz CT molecular complexity index is 1060. The van der Waals surface area contributed by atoms with Crippen molar-refractivity contribution in [3.63, 3.8) is 0 Å². The van der Waals surface area contributed by atoms with Crippen LogP contribution in [0.4, 0.5) is 14.5 Å². The molecule has 1 aliphatic heterocycles. The summed E-state index contributed by atoms with van der Waals surface area (Å²) in [6, 6.07) is 6.20. The number of sulfonamides is 1. The first-order valence-corrected chi connectivity index (χ1v) is 11.2.